The first-order valence-corrected chi connectivity index (χ1v) is 42.8. The van der Waals surface area contributed by atoms with E-state index in [1.165, 1.54) is 0 Å². The van der Waals surface area contributed by atoms with E-state index < -0.39 is 59.0 Å². The van der Waals surface area contributed by atoms with E-state index in [4.69, 9.17) is 207 Å². The third kappa shape index (κ3) is 6.39. The average molecular weight is 966 g/mol. The summed E-state index contributed by atoms with van der Waals surface area (Å²) in [6.07, 6.45) is -3.22. The lowest BCUT2D eigenvalue weighted by atomic mass is 11.8. The van der Waals surface area contributed by atoms with Crippen molar-refractivity contribution in [1.82, 2.24) is 0 Å². The van der Waals surface area contributed by atoms with Crippen LogP contribution in [0.25, 0.3) is 0 Å². The van der Waals surface area contributed by atoms with E-state index in [2.05, 4.69) is 0 Å². The van der Waals surface area contributed by atoms with Gasteiger partial charge in [0.2, 0.25) is 0 Å². The lowest BCUT2D eigenvalue weighted by Gasteiger charge is -2.32. The molecule has 0 radical (unpaired) electrons. The molecule has 0 aromatic heterocycles. The minimum Gasteiger partial charge on any atom is -0.271 e. The fourth-order valence-corrected chi connectivity index (χ4v) is 178. The molecule has 0 fully saturated rings. The zero-order valence-electron chi connectivity index (χ0n) is 17.8. The van der Waals surface area contributed by atoms with Gasteiger partial charge in [-0.3, -0.25) is 11.2 Å². The lowest BCUT2D eigenvalue weighted by molar-refractivity contribution is 1.57. The summed E-state index contributed by atoms with van der Waals surface area (Å²) in [7, 11) is -0.280. The molecule has 0 aromatic carbocycles. The van der Waals surface area contributed by atoms with Crippen LogP contribution in [0.1, 0.15) is 0 Å². The van der Waals surface area contributed by atoms with Crippen LogP contribution >= 0.6 is 21.0 Å². The summed E-state index contributed by atoms with van der Waals surface area (Å²) < 4.78 is 38.4. The third-order valence-corrected chi connectivity index (χ3v) is 166. The summed E-state index contributed by atoms with van der Waals surface area (Å²) in [5.74, 6) is 0. The van der Waals surface area contributed by atoms with E-state index in [0.29, 0.717) is 0 Å². The smallest absolute Gasteiger partial charge is 0.152 e. The minimum absolute atomic E-state index is 0.280. The Labute approximate surface area is 279 Å². The van der Waals surface area contributed by atoms with E-state index >= 15 is 0 Å². The molecule has 0 aliphatic rings. The molecule has 0 amide bonds. The van der Waals surface area contributed by atoms with Crippen molar-refractivity contribution in [3.63, 3.8) is 0 Å². The first kappa shape index (κ1) is 29.8. The highest BCUT2D eigenvalue weighted by molar-refractivity contribution is 9.73. The molecule has 0 heterocycles. The number of hydrogen-bond donors (Lipinski definition) is 0. The van der Waals surface area contributed by atoms with Crippen LogP contribution in [0.2, 0.25) is 0 Å². The number of nitrogens with zero attached hydrogens (tertiary/aromatic N) is 1. The van der Waals surface area contributed by atoms with Crippen molar-refractivity contribution in [2.75, 3.05) is 0 Å². The van der Waals surface area contributed by atoms with E-state index in [1.54, 1.807) is 5.40 Å². The van der Waals surface area contributed by atoms with Gasteiger partial charge in [0.15, 0.2) is 5.40 Å². The van der Waals surface area contributed by atoms with Crippen molar-refractivity contribution >= 4 is 270 Å². The topological polar surface area (TPSA) is 23.8 Å². The largest absolute Gasteiger partial charge is 0.271 e. The van der Waals surface area contributed by atoms with Gasteiger partial charge in [0, 0.05) is 41.7 Å². The summed E-state index contributed by atoms with van der Waals surface area (Å²) in [5, 5.41) is -17.3. The molecule has 0 aromatic rings. The highest BCUT2D eigenvalue weighted by Crippen LogP contribution is 2.39. The Morgan fingerprint density at radius 3 is 1.03 bits per heavy atom. The van der Waals surface area contributed by atoms with E-state index in [0.717, 1.165) is 0 Å². The van der Waals surface area contributed by atoms with Crippen LogP contribution in [0, 0.1) is 10.7 Å². The molecular weight excluding hydrogens is 956 g/mol. The fraction of sp³-hybridized carbons (Fsp3) is 0. The molecule has 0 spiro atoms. The summed E-state index contributed by atoms with van der Waals surface area (Å²) in [6.45, 7) is 0. The van der Waals surface area contributed by atoms with Crippen molar-refractivity contribution in [2.45, 2.75) is 0 Å². The second-order valence-corrected chi connectivity index (χ2v) is 98.1. The monoisotopic (exact) mass is 963 g/mol. The number of thiocyanates is 1. The van der Waals surface area contributed by atoms with Crippen LogP contribution in [0.3, 0.4) is 0 Å². The maximum absolute atomic E-state index is 9.48. The van der Waals surface area contributed by atoms with Crippen LogP contribution in [-0.4, -0.2) is 5.62 Å². The molecule has 30 heteroatoms. The Bertz CT molecular complexity index is 2040. The van der Waals surface area contributed by atoms with E-state index in [9.17, 15) is 5.26 Å². The maximum Gasteiger partial charge on any atom is 0.152 e. The molecule has 0 aliphatic heterocycles. The quantitative estimate of drug-likeness (QED) is 0.216. The van der Waals surface area contributed by atoms with Gasteiger partial charge in [-0.1, -0.05) is 9.83 Å². The summed E-state index contributed by atoms with van der Waals surface area (Å²) >= 11 is 92.5. The van der Waals surface area contributed by atoms with Gasteiger partial charge in [-0.15, -0.1) is 0 Å². The highest BCUT2D eigenvalue weighted by atomic mass is 34.4. The Balaban J connectivity index is 7.71. The van der Waals surface area contributed by atoms with E-state index in [-0.39, 0.29) is 9.83 Å². The van der Waals surface area contributed by atoms with Gasteiger partial charge in [0.25, 0.3) is 0 Å². The second kappa shape index (κ2) is 12.3. The van der Waals surface area contributed by atoms with Gasteiger partial charge in [-0.25, -0.2) is 0 Å². The van der Waals surface area contributed by atoms with Crippen LogP contribution < -0.4 is 0 Å². The predicted octanol–water partition coefficient (Wildman–Crippen LogP) is -0.0901. The lowest BCUT2D eigenvalue weighted by Crippen LogP contribution is -2.35. The van der Waals surface area contributed by atoms with E-state index in [1.807, 2.05) is 0 Å². The molecule has 0 bridgehead atoms. The number of nitriles is 1. The Kier molecular flexibility index (Phi) is 11.8. The Hall–Kier alpha value is 7.30. The maximum atomic E-state index is 9.48. The van der Waals surface area contributed by atoms with Crippen molar-refractivity contribution in [3.8, 4) is 5.40 Å². The zero-order chi connectivity index (χ0) is 30.3. The van der Waals surface area contributed by atoms with Crippen LogP contribution in [0.15, 0.2) is 0 Å². The van der Waals surface area contributed by atoms with Crippen LogP contribution in [-0.2, 0) is 249 Å². The molecule has 188 valence electrons. The zero-order valence-corrected chi connectivity index (χ0v) is 36.5. The highest BCUT2D eigenvalue weighted by Gasteiger charge is 2.41. The van der Waals surface area contributed by atoms with Gasteiger partial charge in [-0.2, -0.15) is 5.26 Å². The standard InChI is InChI=1S/CH5NS29/c2-1-23(4,5)25(8,9)27(12,13)29(16,17)31(20,21)30(18,19)28(14,15)26(10,11)24(6,7)22-3/h3H5/i3D5. The molecule has 0 atom stereocenters. The summed E-state index contributed by atoms with van der Waals surface area (Å²) in [5.41, 5.74) is 0. The molecule has 1 nitrogen and oxygen atoms in total. The minimum atomic E-state index is -6.57. The Morgan fingerprint density at radius 1 is 0.516 bits per heavy atom. The fourth-order valence-electron chi connectivity index (χ4n) is 0.802. The molecule has 0 saturated carbocycles. The molecular formula is CH5NS29. The molecule has 0 rings (SSSR count). The first-order valence-electron chi connectivity index (χ1n) is 7.14. The second-order valence-electron chi connectivity index (χ2n) is 3.88. The van der Waals surface area contributed by atoms with Gasteiger partial charge in [-0.05, 0) is 201 Å². The average Bonchev–Trinajstić information content (AvgIpc) is 2.56. The normalized spacial score (nSPS) is 20.9. The number of hydrogen-bond acceptors (Lipinski definition) is 20. The molecule has 0 saturated heterocycles. The summed E-state index contributed by atoms with van der Waals surface area (Å²) in [6, 6.07) is 0. The van der Waals surface area contributed by atoms with Gasteiger partial charge in [0.1, 0.15) is 0 Å². The van der Waals surface area contributed by atoms with Crippen molar-refractivity contribution in [3.05, 3.63) is 0 Å². The van der Waals surface area contributed by atoms with Crippen molar-refractivity contribution < 1.29 is 0 Å². The van der Waals surface area contributed by atoms with Crippen LogP contribution in [0.5, 0.6) is 0 Å². The van der Waals surface area contributed by atoms with Gasteiger partial charge in [0.05, 0.1) is 11.8 Å². The number of rotatable bonds is 10. The molecule has 31 heavy (non-hydrogen) atoms. The van der Waals surface area contributed by atoms with Gasteiger partial charge < -0.3 is 0 Å². The van der Waals surface area contributed by atoms with Crippen molar-refractivity contribution in [1.29, 1.82) is 10.9 Å². The third-order valence-electron chi connectivity index (χ3n) is 2.21. The van der Waals surface area contributed by atoms with Crippen molar-refractivity contribution in [2.24, 2.45) is 0 Å². The SMILES string of the molecule is [2H]S([2H])([2H])([2H])([2H])SS(=S)(=S)S(=S)(=S)S(=S)(=S)S(=S)(=S)S(=S)(=S)S(=S)(=S)S(=S)(=S)S(=S)(=S)S(=S)(=S)C#N. The van der Waals surface area contributed by atoms with Crippen LogP contribution in [0.4, 0.5) is 0 Å². The Morgan fingerprint density at radius 2 is 0.774 bits per heavy atom. The molecule has 0 N–H and O–H groups in total. The molecule has 0 unspecified atom stereocenters. The molecule has 0 aliphatic carbocycles. The van der Waals surface area contributed by atoms with Gasteiger partial charge >= 0.3 is 0 Å². The first-order chi connectivity index (χ1) is 14.7. The predicted molar refractivity (Wildman–Crippen MR) is 227 cm³/mol. The summed E-state index contributed by atoms with van der Waals surface area (Å²) in [4.78, 5) is 0.